The number of Topliss-reactive ketones (excluding diaryl/α,β-unsaturated/α-hetero) is 1. The molecular formula is C12H13ClN2O3. The van der Waals surface area contributed by atoms with Gasteiger partial charge in [-0.2, -0.15) is 0 Å². The summed E-state index contributed by atoms with van der Waals surface area (Å²) in [5, 5.41) is 6.60. The van der Waals surface area contributed by atoms with Gasteiger partial charge in [-0.25, -0.2) is 0 Å². The summed E-state index contributed by atoms with van der Waals surface area (Å²) in [6.07, 6.45) is 1.16. The third-order valence-corrected chi connectivity index (χ3v) is 2.40. The number of nitrogens with one attached hydrogen (secondary N) is 1. The van der Waals surface area contributed by atoms with E-state index in [-0.39, 0.29) is 5.78 Å². The zero-order valence-electron chi connectivity index (χ0n) is 10.0. The number of oxime groups is 1. The lowest BCUT2D eigenvalue weighted by atomic mass is 10.1. The van der Waals surface area contributed by atoms with Crippen molar-refractivity contribution in [1.29, 1.82) is 0 Å². The smallest absolute Gasteiger partial charge is 0.240 e. The van der Waals surface area contributed by atoms with Crippen molar-refractivity contribution in [3.8, 4) is 0 Å². The molecule has 1 atom stereocenters. The highest BCUT2D eigenvalue weighted by Gasteiger charge is 2.21. The summed E-state index contributed by atoms with van der Waals surface area (Å²) >= 11 is 5.73. The highest BCUT2D eigenvalue weighted by atomic mass is 35.5. The van der Waals surface area contributed by atoms with Crippen molar-refractivity contribution >= 4 is 35.2 Å². The Kier molecular flexibility index (Phi) is 5.32. The van der Waals surface area contributed by atoms with Gasteiger partial charge in [-0.1, -0.05) is 16.8 Å². The fraction of sp³-hybridized carbons (Fsp3) is 0.250. The van der Waals surface area contributed by atoms with Crippen LogP contribution in [0.1, 0.15) is 6.92 Å². The van der Waals surface area contributed by atoms with E-state index in [1.165, 1.54) is 14.0 Å². The normalized spacial score (nSPS) is 12.2. The first kappa shape index (κ1) is 14.2. The van der Waals surface area contributed by atoms with Gasteiger partial charge in [0.2, 0.25) is 5.91 Å². The van der Waals surface area contributed by atoms with E-state index >= 15 is 0 Å². The van der Waals surface area contributed by atoms with Crippen LogP contribution in [-0.2, 0) is 14.4 Å². The van der Waals surface area contributed by atoms with Gasteiger partial charge < -0.3 is 10.2 Å². The number of hydrogen-bond acceptors (Lipinski definition) is 4. The molecule has 0 aromatic heterocycles. The second-order valence-electron chi connectivity index (χ2n) is 3.52. The summed E-state index contributed by atoms with van der Waals surface area (Å²) in [7, 11) is 1.34. The predicted octanol–water partition coefficient (Wildman–Crippen LogP) is 2.12. The Morgan fingerprint density at radius 2 is 2.00 bits per heavy atom. The third-order valence-electron chi connectivity index (χ3n) is 2.15. The van der Waals surface area contributed by atoms with Crippen LogP contribution in [0.3, 0.4) is 0 Å². The van der Waals surface area contributed by atoms with Crippen LogP contribution in [0, 0.1) is 5.92 Å². The van der Waals surface area contributed by atoms with E-state index in [0.717, 1.165) is 6.21 Å². The maximum Gasteiger partial charge on any atom is 0.240 e. The number of amides is 1. The van der Waals surface area contributed by atoms with E-state index in [4.69, 9.17) is 11.6 Å². The molecule has 0 aliphatic carbocycles. The van der Waals surface area contributed by atoms with Gasteiger partial charge in [0.25, 0.3) is 0 Å². The first-order chi connectivity index (χ1) is 8.54. The van der Waals surface area contributed by atoms with Gasteiger partial charge in [0.15, 0.2) is 0 Å². The maximum atomic E-state index is 11.8. The molecule has 96 valence electrons. The molecule has 1 amide bonds. The van der Waals surface area contributed by atoms with Crippen LogP contribution >= 0.6 is 11.6 Å². The van der Waals surface area contributed by atoms with Crippen molar-refractivity contribution in [3.63, 3.8) is 0 Å². The summed E-state index contributed by atoms with van der Waals surface area (Å²) in [5.74, 6) is -1.76. The molecule has 0 heterocycles. The van der Waals surface area contributed by atoms with Gasteiger partial charge >= 0.3 is 0 Å². The first-order valence-corrected chi connectivity index (χ1v) is 5.56. The summed E-state index contributed by atoms with van der Waals surface area (Å²) in [4.78, 5) is 27.6. The number of carbonyl (C=O) groups is 2. The molecule has 1 aromatic rings. The summed E-state index contributed by atoms with van der Waals surface area (Å²) in [6, 6.07) is 6.57. The van der Waals surface area contributed by atoms with Crippen molar-refractivity contribution in [3.05, 3.63) is 29.3 Å². The van der Waals surface area contributed by atoms with E-state index in [9.17, 15) is 9.59 Å². The molecule has 1 aromatic carbocycles. The molecule has 0 fully saturated rings. The minimum atomic E-state index is -0.972. The monoisotopic (exact) mass is 268 g/mol. The topological polar surface area (TPSA) is 67.8 Å². The van der Waals surface area contributed by atoms with Crippen LogP contribution in [-0.4, -0.2) is 25.0 Å². The van der Waals surface area contributed by atoms with Gasteiger partial charge in [0.05, 0.1) is 6.21 Å². The van der Waals surface area contributed by atoms with Crippen molar-refractivity contribution in [2.75, 3.05) is 12.4 Å². The zero-order chi connectivity index (χ0) is 13.5. The molecule has 0 aliphatic heterocycles. The fourth-order valence-corrected chi connectivity index (χ4v) is 1.36. The second-order valence-corrected chi connectivity index (χ2v) is 3.96. The van der Waals surface area contributed by atoms with Crippen LogP contribution < -0.4 is 5.32 Å². The van der Waals surface area contributed by atoms with Crippen molar-refractivity contribution in [2.24, 2.45) is 11.1 Å². The second kappa shape index (κ2) is 6.76. The van der Waals surface area contributed by atoms with Gasteiger partial charge in [-0.15, -0.1) is 0 Å². The van der Waals surface area contributed by atoms with E-state index < -0.39 is 11.8 Å². The molecule has 6 heteroatoms. The molecule has 1 N–H and O–H groups in total. The molecule has 5 nitrogen and oxygen atoms in total. The number of halogens is 1. The number of rotatable bonds is 5. The van der Waals surface area contributed by atoms with E-state index in [2.05, 4.69) is 15.3 Å². The Morgan fingerprint density at radius 3 is 2.50 bits per heavy atom. The fourth-order valence-electron chi connectivity index (χ4n) is 1.23. The number of ketones is 1. The highest BCUT2D eigenvalue weighted by Crippen LogP contribution is 2.14. The van der Waals surface area contributed by atoms with Gasteiger partial charge in [-0.05, 0) is 31.2 Å². The van der Waals surface area contributed by atoms with Gasteiger partial charge in [0.1, 0.15) is 18.8 Å². The lowest BCUT2D eigenvalue weighted by molar-refractivity contribution is -0.126. The molecular weight excluding hydrogens is 256 g/mol. The lowest BCUT2D eigenvalue weighted by Crippen LogP contribution is -2.29. The lowest BCUT2D eigenvalue weighted by Gasteiger charge is -2.09. The van der Waals surface area contributed by atoms with Crippen molar-refractivity contribution in [2.45, 2.75) is 6.92 Å². The summed E-state index contributed by atoms with van der Waals surface area (Å²) in [5.41, 5.74) is 0.557. The number of hydrogen-bond donors (Lipinski definition) is 1. The van der Waals surface area contributed by atoms with Crippen molar-refractivity contribution in [1.82, 2.24) is 0 Å². The minimum absolute atomic E-state index is 0.317. The van der Waals surface area contributed by atoms with Crippen LogP contribution in [0.25, 0.3) is 0 Å². The average molecular weight is 269 g/mol. The van der Waals surface area contributed by atoms with Crippen molar-refractivity contribution < 1.29 is 14.4 Å². The van der Waals surface area contributed by atoms with Gasteiger partial charge in [0, 0.05) is 10.7 Å². The molecule has 0 unspecified atom stereocenters. The third kappa shape index (κ3) is 4.18. The maximum absolute atomic E-state index is 11.8. The van der Waals surface area contributed by atoms with Crippen LogP contribution in [0.2, 0.25) is 5.02 Å². The standard InChI is InChI=1S/C12H13ClN2O3/c1-8(16)11(7-14-18-2)12(17)15-10-5-3-9(13)4-6-10/h3-7,11H,1-2H3,(H,15,17)/b14-7-/t11-/m1/s1. The van der Waals surface area contributed by atoms with E-state index in [0.29, 0.717) is 10.7 Å². The molecule has 0 radical (unpaired) electrons. The molecule has 18 heavy (non-hydrogen) atoms. The van der Waals surface area contributed by atoms with E-state index in [1.807, 2.05) is 0 Å². The molecule has 0 bridgehead atoms. The van der Waals surface area contributed by atoms with Crippen LogP contribution in [0.5, 0.6) is 0 Å². The Bertz CT molecular complexity index is 457. The minimum Gasteiger partial charge on any atom is -0.399 e. The molecule has 0 saturated carbocycles. The molecule has 0 saturated heterocycles. The zero-order valence-corrected chi connectivity index (χ0v) is 10.8. The van der Waals surface area contributed by atoms with Gasteiger partial charge in [-0.3, -0.25) is 9.59 Å². The Hall–Kier alpha value is -1.88. The largest absolute Gasteiger partial charge is 0.399 e. The number of anilines is 1. The quantitative estimate of drug-likeness (QED) is 0.505. The molecule has 0 spiro atoms. The summed E-state index contributed by atoms with van der Waals surface area (Å²) in [6.45, 7) is 1.31. The summed E-state index contributed by atoms with van der Waals surface area (Å²) < 4.78 is 0. The predicted molar refractivity (Wildman–Crippen MR) is 69.8 cm³/mol. The number of benzene rings is 1. The van der Waals surface area contributed by atoms with Crippen LogP contribution in [0.15, 0.2) is 29.4 Å². The average Bonchev–Trinajstić information content (AvgIpc) is 2.32. The number of nitrogens with zero attached hydrogens (tertiary/aromatic N) is 1. The first-order valence-electron chi connectivity index (χ1n) is 5.18. The Morgan fingerprint density at radius 1 is 1.39 bits per heavy atom. The van der Waals surface area contributed by atoms with Crippen LogP contribution in [0.4, 0.5) is 5.69 Å². The molecule has 1 rings (SSSR count). The SMILES string of the molecule is CO/N=C\[C@H](C(C)=O)C(=O)Nc1ccc(Cl)cc1. The number of carbonyl (C=O) groups excluding carboxylic acids is 2. The molecule has 0 aliphatic rings. The highest BCUT2D eigenvalue weighted by molar-refractivity contribution is 6.30. The van der Waals surface area contributed by atoms with E-state index in [1.54, 1.807) is 24.3 Å². The Balaban J connectivity index is 2.75. The Labute approximate surface area is 110 Å².